The number of anilines is 2. The first-order valence-electron chi connectivity index (χ1n) is 14.8. The Labute approximate surface area is 272 Å². The quantitative estimate of drug-likeness (QED) is 0.232. The van der Waals surface area contributed by atoms with E-state index < -0.39 is 11.7 Å². The first-order valence-corrected chi connectivity index (χ1v) is 15.6. The van der Waals surface area contributed by atoms with E-state index in [0.29, 0.717) is 64.3 Å². The van der Waals surface area contributed by atoms with E-state index >= 15 is 0 Å². The van der Waals surface area contributed by atoms with Crippen molar-refractivity contribution >= 4 is 52.5 Å². The van der Waals surface area contributed by atoms with Gasteiger partial charge in [-0.3, -0.25) is 14.5 Å². The molecule has 0 aliphatic carbocycles. The molecular formula is C35H34Cl2N4O4. The second kappa shape index (κ2) is 13.8. The largest absolute Gasteiger partial charge is 0.443 e. The van der Waals surface area contributed by atoms with Crippen LogP contribution in [-0.4, -0.2) is 46.3 Å². The molecule has 0 spiro atoms. The predicted octanol–water partition coefficient (Wildman–Crippen LogP) is 8.91. The Morgan fingerprint density at radius 2 is 1.38 bits per heavy atom. The molecule has 1 N–H and O–H groups in total. The van der Waals surface area contributed by atoms with Crippen LogP contribution in [0.3, 0.4) is 0 Å². The number of benzene rings is 2. The summed E-state index contributed by atoms with van der Waals surface area (Å²) in [6, 6.07) is 22.1. The van der Waals surface area contributed by atoms with Gasteiger partial charge in [0.05, 0.1) is 22.5 Å². The average molecular weight is 646 g/mol. The van der Waals surface area contributed by atoms with Gasteiger partial charge < -0.3 is 10.1 Å². The zero-order valence-corrected chi connectivity index (χ0v) is 26.9. The number of carbonyl (C=O) groups is 3. The maximum Gasteiger partial charge on any atom is 0.416 e. The Kier molecular flexibility index (Phi) is 9.85. The molecule has 2 aliphatic rings. The lowest BCUT2D eigenvalue weighted by Gasteiger charge is -2.26. The van der Waals surface area contributed by atoms with Gasteiger partial charge in [0, 0.05) is 47.1 Å². The Morgan fingerprint density at radius 1 is 0.800 bits per heavy atom. The van der Waals surface area contributed by atoms with Crippen molar-refractivity contribution in [3.8, 4) is 22.5 Å². The number of halogens is 2. The number of aromatic nitrogens is 2. The summed E-state index contributed by atoms with van der Waals surface area (Å²) in [5.41, 5.74) is 3.74. The van der Waals surface area contributed by atoms with Crippen LogP contribution < -0.4 is 10.2 Å². The molecule has 1 amide bonds. The number of Topliss-reactive ketones (excluding diaryl/α,β-unsaturated/α-hetero) is 2. The number of ether oxygens (including phenoxy) is 1. The van der Waals surface area contributed by atoms with Crippen LogP contribution in [0.1, 0.15) is 67.2 Å². The van der Waals surface area contributed by atoms with Gasteiger partial charge in [0.2, 0.25) is 0 Å². The van der Waals surface area contributed by atoms with Crippen LogP contribution in [0, 0.1) is 0 Å². The highest BCUT2D eigenvalue weighted by molar-refractivity contribution is 6.31. The zero-order valence-electron chi connectivity index (χ0n) is 25.4. The number of ketones is 2. The molecule has 0 saturated carbocycles. The minimum absolute atomic E-state index is 0.0174. The van der Waals surface area contributed by atoms with E-state index in [1.165, 1.54) is 4.90 Å². The summed E-state index contributed by atoms with van der Waals surface area (Å²) in [7, 11) is 0. The van der Waals surface area contributed by atoms with E-state index in [2.05, 4.69) is 15.3 Å². The number of carbonyl (C=O) groups excluding carboxylic acids is 3. The molecule has 10 heteroatoms. The molecule has 0 bridgehead atoms. The smallest absolute Gasteiger partial charge is 0.416 e. The first kappa shape index (κ1) is 32.1. The van der Waals surface area contributed by atoms with Crippen molar-refractivity contribution in [2.75, 3.05) is 23.3 Å². The Morgan fingerprint density at radius 3 is 2.00 bits per heavy atom. The summed E-state index contributed by atoms with van der Waals surface area (Å²) in [6.45, 7) is 6.60. The molecule has 45 heavy (non-hydrogen) atoms. The van der Waals surface area contributed by atoms with Crippen LogP contribution in [0.4, 0.5) is 16.4 Å². The second-order valence-corrected chi connectivity index (χ2v) is 12.7. The summed E-state index contributed by atoms with van der Waals surface area (Å²) < 4.78 is 5.50. The SMILES string of the molecule is CC(C)(C)OC(=O)N1CCCC(=O)c2ccc(-c3cccc(Cl)c3)nc21.O=C1CCCNc2nc(-c3cccc(Cl)c3)ccc21. The molecule has 0 saturated heterocycles. The topological polar surface area (TPSA) is 101 Å². The van der Waals surface area contributed by atoms with Crippen LogP contribution in [0.2, 0.25) is 10.0 Å². The standard InChI is InChI=1S/C20H21ClN2O3.C15H13ClN2O/c1-20(2,3)26-19(25)23-11-5-8-17(24)15-9-10-16(22-18(15)23)13-6-4-7-14(21)12-13;16-11-4-1-3-10(9-11)13-7-6-12-14(19)5-2-8-17-15(12)18-13/h4,6-7,9-10,12H,5,8,11H2,1-3H3;1,3-4,6-7,9H,2,5,8H2,(H,17,18). The summed E-state index contributed by atoms with van der Waals surface area (Å²) in [6.07, 6.45) is 1.88. The molecular weight excluding hydrogens is 611 g/mol. The van der Waals surface area contributed by atoms with Gasteiger partial charge in [-0.05, 0) is 82.1 Å². The highest BCUT2D eigenvalue weighted by Crippen LogP contribution is 2.31. The van der Waals surface area contributed by atoms with Gasteiger partial charge in [0.15, 0.2) is 11.6 Å². The van der Waals surface area contributed by atoms with E-state index in [1.54, 1.807) is 24.3 Å². The zero-order chi connectivity index (χ0) is 32.1. The molecule has 0 fully saturated rings. The fourth-order valence-corrected chi connectivity index (χ4v) is 5.41. The summed E-state index contributed by atoms with van der Waals surface area (Å²) >= 11 is 12.1. The second-order valence-electron chi connectivity index (χ2n) is 11.8. The van der Waals surface area contributed by atoms with Gasteiger partial charge in [-0.1, -0.05) is 47.5 Å². The lowest BCUT2D eigenvalue weighted by atomic mass is 10.1. The minimum Gasteiger partial charge on any atom is -0.443 e. The molecule has 8 nitrogen and oxygen atoms in total. The van der Waals surface area contributed by atoms with Crippen molar-refractivity contribution in [2.45, 2.75) is 52.1 Å². The summed E-state index contributed by atoms with van der Waals surface area (Å²) in [5, 5.41) is 4.49. The average Bonchev–Trinajstić information content (AvgIpc) is 3.29. The van der Waals surface area contributed by atoms with E-state index in [0.717, 1.165) is 29.8 Å². The number of nitrogens with zero attached hydrogens (tertiary/aromatic N) is 3. The van der Waals surface area contributed by atoms with Crippen molar-refractivity contribution in [1.29, 1.82) is 0 Å². The molecule has 4 heterocycles. The van der Waals surface area contributed by atoms with Crippen LogP contribution in [0.5, 0.6) is 0 Å². The summed E-state index contributed by atoms with van der Waals surface area (Å²) in [4.78, 5) is 47.6. The molecule has 232 valence electrons. The van der Waals surface area contributed by atoms with Gasteiger partial charge in [0.25, 0.3) is 0 Å². The van der Waals surface area contributed by atoms with Gasteiger partial charge in [-0.25, -0.2) is 14.8 Å². The van der Waals surface area contributed by atoms with Crippen molar-refractivity contribution in [3.05, 3.63) is 94.0 Å². The monoisotopic (exact) mass is 644 g/mol. The normalized spacial score (nSPS) is 14.6. The Hall–Kier alpha value is -4.27. The van der Waals surface area contributed by atoms with E-state index in [4.69, 9.17) is 27.9 Å². The third-order valence-electron chi connectivity index (χ3n) is 7.14. The Bertz CT molecular complexity index is 1750. The van der Waals surface area contributed by atoms with Crippen LogP contribution >= 0.6 is 23.2 Å². The Balaban J connectivity index is 0.000000186. The molecule has 2 aliphatic heterocycles. The van der Waals surface area contributed by atoms with E-state index in [-0.39, 0.29) is 11.6 Å². The molecule has 0 unspecified atom stereocenters. The first-order chi connectivity index (χ1) is 21.5. The lowest BCUT2D eigenvalue weighted by Crippen LogP contribution is -2.38. The van der Waals surface area contributed by atoms with Gasteiger partial charge in [0.1, 0.15) is 17.2 Å². The number of hydrogen-bond donors (Lipinski definition) is 1. The maximum atomic E-state index is 12.7. The number of fused-ring (bicyclic) bond motifs is 2. The van der Waals surface area contributed by atoms with Gasteiger partial charge >= 0.3 is 6.09 Å². The number of nitrogens with one attached hydrogen (secondary N) is 1. The van der Waals surface area contributed by atoms with Crippen molar-refractivity contribution in [3.63, 3.8) is 0 Å². The van der Waals surface area contributed by atoms with Crippen LogP contribution in [0.25, 0.3) is 22.5 Å². The molecule has 0 atom stereocenters. The molecule has 4 aromatic rings. The highest BCUT2D eigenvalue weighted by Gasteiger charge is 2.30. The van der Waals surface area contributed by atoms with E-state index in [9.17, 15) is 14.4 Å². The maximum absolute atomic E-state index is 12.7. The number of rotatable bonds is 2. The third-order valence-corrected chi connectivity index (χ3v) is 7.61. The van der Waals surface area contributed by atoms with E-state index in [1.807, 2.05) is 69.3 Å². The molecule has 0 radical (unpaired) electrons. The fourth-order valence-electron chi connectivity index (χ4n) is 5.03. The molecule has 2 aromatic carbocycles. The molecule has 6 rings (SSSR count). The lowest BCUT2D eigenvalue weighted by molar-refractivity contribution is 0.0578. The highest BCUT2D eigenvalue weighted by atomic mass is 35.5. The van der Waals surface area contributed by atoms with Crippen LogP contribution in [-0.2, 0) is 4.74 Å². The van der Waals surface area contributed by atoms with Crippen molar-refractivity contribution in [1.82, 2.24) is 9.97 Å². The number of amides is 1. The summed E-state index contributed by atoms with van der Waals surface area (Å²) in [5.74, 6) is 1.17. The van der Waals surface area contributed by atoms with Crippen molar-refractivity contribution in [2.24, 2.45) is 0 Å². The number of hydrogen-bond acceptors (Lipinski definition) is 7. The fraction of sp³-hybridized carbons (Fsp3) is 0.286. The number of pyridine rings is 2. The van der Waals surface area contributed by atoms with Crippen LogP contribution in [0.15, 0.2) is 72.8 Å². The molecule has 2 aromatic heterocycles. The predicted molar refractivity (Wildman–Crippen MR) is 179 cm³/mol. The minimum atomic E-state index is -0.627. The van der Waals surface area contributed by atoms with Crippen molar-refractivity contribution < 1.29 is 19.1 Å². The van der Waals surface area contributed by atoms with Gasteiger partial charge in [-0.15, -0.1) is 0 Å². The van der Waals surface area contributed by atoms with Gasteiger partial charge in [-0.2, -0.15) is 0 Å². The third kappa shape index (κ3) is 8.07.